The number of ketones is 1. The topological polar surface area (TPSA) is 29.1 Å². The number of hydrogen-bond donors (Lipinski definition) is 1. The van der Waals surface area contributed by atoms with Crippen molar-refractivity contribution < 1.29 is 4.79 Å². The highest BCUT2D eigenvalue weighted by molar-refractivity contribution is 6.12. The normalized spacial score (nSPS) is 10.5. The molecule has 0 amide bonds. The molecule has 98 valence electrons. The van der Waals surface area contributed by atoms with Crippen molar-refractivity contribution in [2.24, 2.45) is 0 Å². The van der Waals surface area contributed by atoms with Crippen molar-refractivity contribution >= 4 is 11.5 Å². The monoisotopic (exact) mass is 253 g/mol. The molecule has 0 aromatic heterocycles. The van der Waals surface area contributed by atoms with Gasteiger partial charge in [-0.05, 0) is 32.9 Å². The Hall–Kier alpha value is -2.09. The molecule has 0 bridgehead atoms. The maximum absolute atomic E-state index is 12.6. The van der Waals surface area contributed by atoms with E-state index in [1.807, 2.05) is 55.5 Å². The maximum Gasteiger partial charge on any atom is 0.195 e. The molecule has 0 aliphatic rings. The molecule has 2 heteroatoms. The molecule has 1 N–H and O–H groups in total. The van der Waals surface area contributed by atoms with Crippen molar-refractivity contribution in [3.63, 3.8) is 0 Å². The summed E-state index contributed by atoms with van der Waals surface area (Å²) in [6, 6.07) is 15.6. The summed E-state index contributed by atoms with van der Waals surface area (Å²) in [5.41, 5.74) is 3.45. The van der Waals surface area contributed by atoms with Crippen molar-refractivity contribution in [3.05, 3.63) is 65.2 Å². The van der Waals surface area contributed by atoms with Crippen molar-refractivity contribution in [1.82, 2.24) is 0 Å². The molecular formula is C17H19NO. The number of hydrogen-bond acceptors (Lipinski definition) is 2. The Labute approximate surface area is 114 Å². The van der Waals surface area contributed by atoms with Gasteiger partial charge in [0, 0.05) is 22.9 Å². The second-order valence-electron chi connectivity index (χ2n) is 5.04. The van der Waals surface area contributed by atoms with Gasteiger partial charge in [-0.2, -0.15) is 0 Å². The third kappa shape index (κ3) is 3.22. The predicted octanol–water partition coefficient (Wildman–Crippen LogP) is 4.05. The van der Waals surface area contributed by atoms with Gasteiger partial charge in [0.15, 0.2) is 5.78 Å². The van der Waals surface area contributed by atoms with E-state index in [0.29, 0.717) is 6.04 Å². The van der Waals surface area contributed by atoms with Crippen LogP contribution in [0.2, 0.25) is 0 Å². The average molecular weight is 253 g/mol. The van der Waals surface area contributed by atoms with E-state index in [0.717, 1.165) is 22.4 Å². The van der Waals surface area contributed by atoms with Crippen LogP contribution in [0, 0.1) is 6.92 Å². The molecule has 0 atom stereocenters. The zero-order valence-electron chi connectivity index (χ0n) is 11.6. The van der Waals surface area contributed by atoms with Crippen molar-refractivity contribution in [1.29, 1.82) is 0 Å². The van der Waals surface area contributed by atoms with Gasteiger partial charge in [-0.1, -0.05) is 42.0 Å². The fourth-order valence-corrected chi connectivity index (χ4v) is 2.03. The van der Waals surface area contributed by atoms with Gasteiger partial charge in [-0.3, -0.25) is 4.79 Å². The Bertz CT molecular complexity index is 573. The number of benzene rings is 2. The lowest BCUT2D eigenvalue weighted by atomic mass is 9.99. The van der Waals surface area contributed by atoms with Gasteiger partial charge < -0.3 is 5.32 Å². The Balaban J connectivity index is 2.43. The van der Waals surface area contributed by atoms with Crippen LogP contribution >= 0.6 is 0 Å². The molecule has 0 unspecified atom stereocenters. The summed E-state index contributed by atoms with van der Waals surface area (Å²) in [4.78, 5) is 12.6. The van der Waals surface area contributed by atoms with E-state index in [1.54, 1.807) is 0 Å². The summed E-state index contributed by atoms with van der Waals surface area (Å²) in [7, 11) is 0. The number of nitrogens with one attached hydrogen (secondary N) is 1. The molecule has 2 aromatic rings. The molecule has 2 aromatic carbocycles. The third-order valence-electron chi connectivity index (χ3n) is 2.90. The number of rotatable bonds is 4. The minimum absolute atomic E-state index is 0.0625. The zero-order chi connectivity index (χ0) is 13.8. The summed E-state index contributed by atoms with van der Waals surface area (Å²) in [5.74, 6) is 0.0625. The molecule has 0 spiro atoms. The van der Waals surface area contributed by atoms with Gasteiger partial charge in [0.1, 0.15) is 0 Å². The highest BCUT2D eigenvalue weighted by Crippen LogP contribution is 2.21. The van der Waals surface area contributed by atoms with Crippen LogP contribution in [0.5, 0.6) is 0 Å². The number of carbonyl (C=O) groups is 1. The lowest BCUT2D eigenvalue weighted by Crippen LogP contribution is -2.14. The highest BCUT2D eigenvalue weighted by atomic mass is 16.1. The van der Waals surface area contributed by atoms with Gasteiger partial charge in [0.05, 0.1) is 0 Å². The molecular weight excluding hydrogens is 234 g/mol. The smallest absolute Gasteiger partial charge is 0.195 e. The SMILES string of the molecule is Cc1ccc(NC(C)C)c(C(=O)c2ccccc2)c1. The average Bonchev–Trinajstić information content (AvgIpc) is 2.40. The molecule has 0 saturated heterocycles. The van der Waals surface area contributed by atoms with Gasteiger partial charge in [0.2, 0.25) is 0 Å². The lowest BCUT2D eigenvalue weighted by molar-refractivity contribution is 0.103. The van der Waals surface area contributed by atoms with E-state index in [9.17, 15) is 4.79 Å². The first-order chi connectivity index (χ1) is 9.08. The van der Waals surface area contributed by atoms with Gasteiger partial charge in [-0.15, -0.1) is 0 Å². The first-order valence-electron chi connectivity index (χ1n) is 6.55. The van der Waals surface area contributed by atoms with E-state index >= 15 is 0 Å². The van der Waals surface area contributed by atoms with Crippen LogP contribution in [-0.4, -0.2) is 11.8 Å². The largest absolute Gasteiger partial charge is 0.382 e. The van der Waals surface area contributed by atoms with Crippen LogP contribution in [0.1, 0.15) is 35.3 Å². The van der Waals surface area contributed by atoms with Crippen molar-refractivity contribution in [2.75, 3.05) is 5.32 Å². The van der Waals surface area contributed by atoms with E-state index in [2.05, 4.69) is 19.2 Å². The van der Waals surface area contributed by atoms with Gasteiger partial charge in [-0.25, -0.2) is 0 Å². The van der Waals surface area contributed by atoms with Crippen LogP contribution < -0.4 is 5.32 Å². The molecule has 2 rings (SSSR count). The second-order valence-corrected chi connectivity index (χ2v) is 5.04. The molecule has 0 aliphatic heterocycles. The Kier molecular flexibility index (Phi) is 4.00. The van der Waals surface area contributed by atoms with Gasteiger partial charge in [0.25, 0.3) is 0 Å². The van der Waals surface area contributed by atoms with E-state index in [-0.39, 0.29) is 5.78 Å². The van der Waals surface area contributed by atoms with Crippen LogP contribution in [0.15, 0.2) is 48.5 Å². The Morgan fingerprint density at radius 3 is 2.37 bits per heavy atom. The van der Waals surface area contributed by atoms with Gasteiger partial charge >= 0.3 is 0 Å². The third-order valence-corrected chi connectivity index (χ3v) is 2.90. The fourth-order valence-electron chi connectivity index (χ4n) is 2.03. The molecule has 0 heterocycles. The molecule has 0 radical (unpaired) electrons. The maximum atomic E-state index is 12.6. The summed E-state index contributed by atoms with van der Waals surface area (Å²) in [5, 5.41) is 3.33. The second kappa shape index (κ2) is 5.70. The lowest BCUT2D eigenvalue weighted by Gasteiger charge is -2.15. The summed E-state index contributed by atoms with van der Waals surface area (Å²) >= 11 is 0. The van der Waals surface area contributed by atoms with Crippen LogP contribution in [0.3, 0.4) is 0 Å². The summed E-state index contributed by atoms with van der Waals surface area (Å²) in [6.07, 6.45) is 0. The predicted molar refractivity (Wildman–Crippen MR) is 79.8 cm³/mol. The van der Waals surface area contributed by atoms with Crippen LogP contribution in [0.4, 0.5) is 5.69 Å². The number of carbonyl (C=O) groups excluding carboxylic acids is 1. The van der Waals surface area contributed by atoms with Crippen molar-refractivity contribution in [2.45, 2.75) is 26.8 Å². The molecule has 2 nitrogen and oxygen atoms in total. The van der Waals surface area contributed by atoms with Crippen LogP contribution in [-0.2, 0) is 0 Å². The molecule has 0 saturated carbocycles. The minimum Gasteiger partial charge on any atom is -0.382 e. The fraction of sp³-hybridized carbons (Fsp3) is 0.235. The first-order valence-corrected chi connectivity index (χ1v) is 6.55. The zero-order valence-corrected chi connectivity index (χ0v) is 11.6. The van der Waals surface area contributed by atoms with Crippen molar-refractivity contribution in [3.8, 4) is 0 Å². The number of aryl methyl sites for hydroxylation is 1. The molecule has 19 heavy (non-hydrogen) atoms. The molecule has 0 aliphatic carbocycles. The standard InChI is InChI=1S/C17H19NO/c1-12(2)18-16-10-9-13(3)11-15(16)17(19)14-7-5-4-6-8-14/h4-12,18H,1-3H3. The quantitative estimate of drug-likeness (QED) is 0.833. The Morgan fingerprint density at radius 2 is 1.74 bits per heavy atom. The number of anilines is 1. The molecule has 0 fully saturated rings. The van der Waals surface area contributed by atoms with E-state index in [4.69, 9.17) is 0 Å². The Morgan fingerprint density at radius 1 is 1.05 bits per heavy atom. The van der Waals surface area contributed by atoms with Crippen LogP contribution in [0.25, 0.3) is 0 Å². The first kappa shape index (κ1) is 13.3. The van der Waals surface area contributed by atoms with E-state index < -0.39 is 0 Å². The minimum atomic E-state index is 0.0625. The summed E-state index contributed by atoms with van der Waals surface area (Å²) in [6.45, 7) is 6.13. The summed E-state index contributed by atoms with van der Waals surface area (Å²) < 4.78 is 0. The highest BCUT2D eigenvalue weighted by Gasteiger charge is 2.14. The van der Waals surface area contributed by atoms with E-state index in [1.165, 1.54) is 0 Å².